The number of ether oxygens (including phenoxy) is 4. The Hall–Kier alpha value is -2.24. The molecule has 5 fully saturated rings. The predicted molar refractivity (Wildman–Crippen MR) is 135 cm³/mol. The molecule has 38 heavy (non-hydrogen) atoms. The molecule has 5 aliphatic rings. The van der Waals surface area contributed by atoms with E-state index in [-0.39, 0.29) is 11.8 Å². The van der Waals surface area contributed by atoms with E-state index in [0.717, 1.165) is 31.2 Å². The van der Waals surface area contributed by atoms with Crippen LogP contribution < -0.4 is 4.74 Å². The Bertz CT molecular complexity index is 1030. The van der Waals surface area contributed by atoms with Crippen molar-refractivity contribution in [1.29, 1.82) is 0 Å². The largest absolute Gasteiger partial charge is 0.493 e. The van der Waals surface area contributed by atoms with E-state index < -0.39 is 36.5 Å². The first-order valence-electron chi connectivity index (χ1n) is 13.7. The lowest BCUT2D eigenvalue weighted by molar-refractivity contribution is -0.577. The van der Waals surface area contributed by atoms with E-state index in [0.29, 0.717) is 42.9 Å². The van der Waals surface area contributed by atoms with Gasteiger partial charge in [0.1, 0.15) is 5.75 Å². The van der Waals surface area contributed by atoms with Crippen molar-refractivity contribution in [2.24, 2.45) is 28.8 Å². The monoisotopic (exact) mass is 533 g/mol. The molecule has 4 aliphatic heterocycles. The molecule has 1 aliphatic carbocycles. The third kappa shape index (κ3) is 5.16. The average molecular weight is 534 g/mol. The Morgan fingerprint density at radius 2 is 1.95 bits per heavy atom. The third-order valence-corrected chi connectivity index (χ3v) is 8.59. The lowest BCUT2D eigenvalue weighted by Gasteiger charge is -2.60. The maximum Gasteiger partial charge on any atom is 0.344 e. The number of nitrogens with zero attached hydrogens (tertiary/aromatic N) is 1. The Morgan fingerprint density at radius 1 is 1.13 bits per heavy atom. The summed E-state index contributed by atoms with van der Waals surface area (Å²) in [7, 11) is 0. The zero-order chi connectivity index (χ0) is 26.9. The normalized spacial score (nSPS) is 38.3. The summed E-state index contributed by atoms with van der Waals surface area (Å²) in [4.78, 5) is 27.6. The lowest BCUT2D eigenvalue weighted by Crippen LogP contribution is -2.70. The summed E-state index contributed by atoms with van der Waals surface area (Å²) in [6.45, 7) is 8.56. The number of aliphatic carboxylic acids is 1. The first-order valence-corrected chi connectivity index (χ1v) is 13.7. The predicted octanol–water partition coefficient (Wildman–Crippen LogP) is 4.51. The second-order valence-corrected chi connectivity index (χ2v) is 11.2. The SMILES string of the molecule is C/C(=N\OCC(=O)O)c1ccccc1OCCCO[C@H]1O[C@@H]2O[C@@]3(C)CCC4[C@H](C)CC[C@@H]([C@H]1C)[C@]42OO3. The van der Waals surface area contributed by atoms with Gasteiger partial charge in [0, 0.05) is 30.2 Å². The lowest BCUT2D eigenvalue weighted by atomic mass is 9.58. The van der Waals surface area contributed by atoms with Gasteiger partial charge in [-0.3, -0.25) is 0 Å². The molecule has 1 unspecified atom stereocenters. The fourth-order valence-electron chi connectivity index (χ4n) is 6.63. The van der Waals surface area contributed by atoms with E-state index in [2.05, 4.69) is 19.0 Å². The fourth-order valence-corrected chi connectivity index (χ4v) is 6.63. The average Bonchev–Trinajstić information content (AvgIpc) is 3.12. The minimum Gasteiger partial charge on any atom is -0.493 e. The second kappa shape index (κ2) is 11.1. The summed E-state index contributed by atoms with van der Waals surface area (Å²) in [6, 6.07) is 7.44. The van der Waals surface area contributed by atoms with Gasteiger partial charge in [0.15, 0.2) is 18.2 Å². The minimum absolute atomic E-state index is 0.127. The van der Waals surface area contributed by atoms with Crippen molar-refractivity contribution in [2.45, 2.75) is 83.8 Å². The molecule has 0 aromatic heterocycles. The Labute approximate surface area is 223 Å². The molecule has 8 atom stereocenters. The molecule has 2 bridgehead atoms. The van der Waals surface area contributed by atoms with Crippen molar-refractivity contribution in [3.05, 3.63) is 29.8 Å². The third-order valence-electron chi connectivity index (χ3n) is 8.59. The van der Waals surface area contributed by atoms with Crippen LogP contribution in [0.1, 0.15) is 65.4 Å². The molecular formula is C28H39NO9. The molecule has 0 amide bonds. The van der Waals surface area contributed by atoms with E-state index >= 15 is 0 Å². The van der Waals surface area contributed by atoms with E-state index in [1.165, 1.54) is 0 Å². The molecule has 1 spiro atoms. The van der Waals surface area contributed by atoms with E-state index in [1.54, 1.807) is 6.92 Å². The zero-order valence-corrected chi connectivity index (χ0v) is 22.6. The number of hydrogen-bond donors (Lipinski definition) is 1. The molecule has 10 heteroatoms. The van der Waals surface area contributed by atoms with Gasteiger partial charge in [-0.1, -0.05) is 31.1 Å². The first kappa shape index (κ1) is 27.3. The van der Waals surface area contributed by atoms with Crippen molar-refractivity contribution >= 4 is 11.7 Å². The zero-order valence-electron chi connectivity index (χ0n) is 22.6. The molecule has 1 N–H and O–H groups in total. The van der Waals surface area contributed by atoms with Gasteiger partial charge < -0.3 is 28.9 Å². The van der Waals surface area contributed by atoms with Gasteiger partial charge in [-0.25, -0.2) is 14.6 Å². The molecule has 4 heterocycles. The molecule has 4 saturated heterocycles. The Kier molecular flexibility index (Phi) is 7.98. The van der Waals surface area contributed by atoms with Crippen LogP contribution in [-0.2, 0) is 33.6 Å². The van der Waals surface area contributed by atoms with Gasteiger partial charge in [0.25, 0.3) is 0 Å². The maximum atomic E-state index is 10.7. The molecular weight excluding hydrogens is 494 g/mol. The summed E-state index contributed by atoms with van der Waals surface area (Å²) in [5.74, 6) is -0.0347. The topological polar surface area (TPSA) is 114 Å². The van der Waals surface area contributed by atoms with E-state index in [4.69, 9.17) is 38.7 Å². The van der Waals surface area contributed by atoms with Gasteiger partial charge >= 0.3 is 5.97 Å². The number of rotatable bonds is 10. The van der Waals surface area contributed by atoms with Gasteiger partial charge in [-0.15, -0.1) is 0 Å². The highest BCUT2D eigenvalue weighted by Gasteiger charge is 2.69. The fraction of sp³-hybridized carbons (Fsp3) is 0.714. The van der Waals surface area contributed by atoms with Crippen LogP contribution in [0.4, 0.5) is 0 Å². The maximum absolute atomic E-state index is 10.7. The highest BCUT2D eigenvalue weighted by atomic mass is 17.3. The number of fused-ring (bicyclic) bond motifs is 2. The van der Waals surface area contributed by atoms with Crippen molar-refractivity contribution in [3.8, 4) is 5.75 Å². The van der Waals surface area contributed by atoms with Crippen molar-refractivity contribution in [3.63, 3.8) is 0 Å². The highest BCUT2D eigenvalue weighted by Crippen LogP contribution is 2.60. The molecule has 1 aromatic carbocycles. The number of hydrogen-bond acceptors (Lipinski definition) is 9. The van der Waals surface area contributed by atoms with Gasteiger partial charge in [-0.05, 0) is 57.1 Å². The number of carboxylic acids is 1. The van der Waals surface area contributed by atoms with Crippen LogP contribution in [0.25, 0.3) is 0 Å². The Morgan fingerprint density at radius 3 is 2.76 bits per heavy atom. The minimum atomic E-state index is -1.08. The van der Waals surface area contributed by atoms with E-state index in [1.807, 2.05) is 31.2 Å². The summed E-state index contributed by atoms with van der Waals surface area (Å²) in [6.07, 6.45) is 3.70. The van der Waals surface area contributed by atoms with Crippen LogP contribution in [0.15, 0.2) is 29.4 Å². The highest BCUT2D eigenvalue weighted by molar-refractivity contribution is 6.00. The summed E-state index contributed by atoms with van der Waals surface area (Å²) >= 11 is 0. The first-order chi connectivity index (χ1) is 18.2. The van der Waals surface area contributed by atoms with Gasteiger partial charge in [0.05, 0.1) is 18.9 Å². The standard InChI is InChI=1S/C28H39NO9/c1-17-10-11-22-18(2)25(35-26-28(22)21(17)12-13-27(4,36-26)37-38-28)33-15-7-14-32-23-9-6-5-8-20(23)19(3)29-34-16-24(30)31/h5-6,8-9,17-18,21-22,25-26H,7,10-16H2,1-4H3,(H,30,31)/b29-19+/t17-,18-,21?,22+,25+,26-,27-,28-/m1/s1. The summed E-state index contributed by atoms with van der Waals surface area (Å²) in [5.41, 5.74) is 0.688. The molecule has 10 nitrogen and oxygen atoms in total. The van der Waals surface area contributed by atoms with Crippen molar-refractivity contribution in [1.82, 2.24) is 0 Å². The number of carboxylic acid groups (broad SMARTS) is 1. The number of oxime groups is 1. The van der Waals surface area contributed by atoms with Crippen LogP contribution in [0.5, 0.6) is 5.75 Å². The van der Waals surface area contributed by atoms with Crippen LogP contribution in [0.2, 0.25) is 0 Å². The van der Waals surface area contributed by atoms with Crippen LogP contribution in [0, 0.1) is 23.7 Å². The van der Waals surface area contributed by atoms with Crippen molar-refractivity contribution < 1.29 is 43.5 Å². The van der Waals surface area contributed by atoms with Crippen LogP contribution in [0.3, 0.4) is 0 Å². The summed E-state index contributed by atoms with van der Waals surface area (Å²) in [5, 5.41) is 12.6. The van der Waals surface area contributed by atoms with Crippen LogP contribution in [-0.4, -0.2) is 60.6 Å². The molecule has 0 radical (unpaired) electrons. The van der Waals surface area contributed by atoms with Crippen molar-refractivity contribution in [2.75, 3.05) is 19.8 Å². The number of benzene rings is 1. The number of para-hydroxylation sites is 1. The van der Waals surface area contributed by atoms with Crippen LogP contribution >= 0.6 is 0 Å². The van der Waals surface area contributed by atoms with Gasteiger partial charge in [0.2, 0.25) is 12.4 Å². The van der Waals surface area contributed by atoms with E-state index in [9.17, 15) is 4.79 Å². The van der Waals surface area contributed by atoms with Gasteiger partial charge in [-0.2, -0.15) is 0 Å². The molecule has 210 valence electrons. The molecule has 1 saturated carbocycles. The smallest absolute Gasteiger partial charge is 0.344 e. The number of carbonyl (C=O) groups is 1. The quantitative estimate of drug-likeness (QED) is 0.201. The summed E-state index contributed by atoms with van der Waals surface area (Å²) < 4.78 is 25.1. The molecule has 6 rings (SSSR count). The Balaban J connectivity index is 1.17. The molecule has 1 aromatic rings. The second-order valence-electron chi connectivity index (χ2n) is 11.2.